The summed E-state index contributed by atoms with van der Waals surface area (Å²) < 4.78 is 10.1. The monoisotopic (exact) mass is 222 g/mol. The Balaban J connectivity index is 1.80. The molecule has 16 heavy (non-hydrogen) atoms. The van der Waals surface area contributed by atoms with Gasteiger partial charge in [0, 0.05) is 12.3 Å². The second kappa shape index (κ2) is 5.09. The normalized spacial score (nSPS) is 24.3. The van der Waals surface area contributed by atoms with Gasteiger partial charge < -0.3 is 14.6 Å². The molecule has 1 aromatic rings. The van der Waals surface area contributed by atoms with Gasteiger partial charge in [-0.15, -0.1) is 0 Å². The number of ether oxygens (including phenoxy) is 2. The van der Waals surface area contributed by atoms with Crippen molar-refractivity contribution in [3.05, 3.63) is 35.9 Å². The average molecular weight is 222 g/mol. The molecule has 4 nitrogen and oxygen atoms in total. The van der Waals surface area contributed by atoms with Crippen molar-refractivity contribution in [1.29, 1.82) is 0 Å². The van der Waals surface area contributed by atoms with Crippen molar-refractivity contribution in [2.24, 2.45) is 5.92 Å². The number of hydrogen-bond acceptors (Lipinski definition) is 4. The van der Waals surface area contributed by atoms with Gasteiger partial charge in [-0.05, 0) is 12.1 Å². The van der Waals surface area contributed by atoms with Crippen LogP contribution in [0.2, 0.25) is 0 Å². The molecule has 2 unspecified atom stereocenters. The summed E-state index contributed by atoms with van der Waals surface area (Å²) in [6, 6.07) is 8.85. The Kier molecular flexibility index (Phi) is 3.54. The van der Waals surface area contributed by atoms with Gasteiger partial charge in [-0.1, -0.05) is 18.2 Å². The first-order chi connectivity index (χ1) is 7.75. The fourth-order valence-electron chi connectivity index (χ4n) is 1.64. The zero-order valence-electron chi connectivity index (χ0n) is 8.83. The number of carbonyl (C=O) groups excluding carboxylic acids is 1. The summed E-state index contributed by atoms with van der Waals surface area (Å²) in [5, 5.41) is 9.12. The number of esters is 1. The molecule has 1 heterocycles. The Labute approximate surface area is 93.8 Å². The van der Waals surface area contributed by atoms with Crippen LogP contribution >= 0.6 is 0 Å². The maximum atomic E-state index is 11.6. The minimum atomic E-state index is -0.708. The van der Waals surface area contributed by atoms with E-state index in [0.29, 0.717) is 25.2 Å². The Bertz CT molecular complexity index is 349. The Morgan fingerprint density at radius 2 is 2.19 bits per heavy atom. The number of benzene rings is 1. The van der Waals surface area contributed by atoms with E-state index < -0.39 is 6.29 Å². The highest BCUT2D eigenvalue weighted by Crippen LogP contribution is 2.18. The van der Waals surface area contributed by atoms with Crippen molar-refractivity contribution >= 4 is 5.97 Å². The zero-order chi connectivity index (χ0) is 11.4. The van der Waals surface area contributed by atoms with Crippen LogP contribution in [0, 0.1) is 5.92 Å². The minimum absolute atomic E-state index is 0.0997. The highest BCUT2D eigenvalue weighted by atomic mass is 16.6. The molecule has 0 aliphatic carbocycles. The molecule has 0 bridgehead atoms. The van der Waals surface area contributed by atoms with E-state index in [4.69, 9.17) is 14.6 Å². The molecule has 1 aliphatic heterocycles. The quantitative estimate of drug-likeness (QED) is 0.781. The second-order valence-electron chi connectivity index (χ2n) is 3.85. The van der Waals surface area contributed by atoms with Gasteiger partial charge >= 0.3 is 5.97 Å². The second-order valence-corrected chi connectivity index (χ2v) is 3.85. The van der Waals surface area contributed by atoms with Gasteiger partial charge in [0.1, 0.15) is 0 Å². The van der Waals surface area contributed by atoms with E-state index in [-0.39, 0.29) is 11.9 Å². The van der Waals surface area contributed by atoms with E-state index in [1.54, 1.807) is 24.3 Å². The molecule has 0 aromatic heterocycles. The van der Waals surface area contributed by atoms with E-state index in [1.807, 2.05) is 6.07 Å². The molecule has 0 saturated carbocycles. The van der Waals surface area contributed by atoms with Gasteiger partial charge in [-0.2, -0.15) is 0 Å². The minimum Gasteiger partial charge on any atom is -0.462 e. The van der Waals surface area contributed by atoms with E-state index in [1.165, 1.54) is 0 Å². The van der Waals surface area contributed by atoms with Gasteiger partial charge in [0.05, 0.1) is 18.8 Å². The van der Waals surface area contributed by atoms with Gasteiger partial charge in [-0.25, -0.2) is 4.79 Å². The Morgan fingerprint density at radius 3 is 2.81 bits per heavy atom. The van der Waals surface area contributed by atoms with Crippen LogP contribution in [0.25, 0.3) is 0 Å². The lowest BCUT2D eigenvalue weighted by molar-refractivity contribution is -0.0592. The standard InChI is InChI=1S/C12H14O4/c13-11-6-9(7-15-11)8-16-12(14)10-4-2-1-3-5-10/h1-5,9,11,13H,6-8H2. The van der Waals surface area contributed by atoms with E-state index in [0.717, 1.165) is 0 Å². The van der Waals surface area contributed by atoms with Crippen LogP contribution in [0.15, 0.2) is 30.3 Å². The predicted molar refractivity (Wildman–Crippen MR) is 56.8 cm³/mol. The van der Waals surface area contributed by atoms with Crippen LogP contribution in [-0.4, -0.2) is 30.6 Å². The lowest BCUT2D eigenvalue weighted by Gasteiger charge is -2.08. The van der Waals surface area contributed by atoms with Crippen LogP contribution in [0.5, 0.6) is 0 Å². The van der Waals surface area contributed by atoms with E-state index >= 15 is 0 Å². The first kappa shape index (κ1) is 11.1. The molecule has 0 radical (unpaired) electrons. The lowest BCUT2D eigenvalue weighted by atomic mass is 10.1. The molecule has 1 saturated heterocycles. The summed E-state index contributed by atoms with van der Waals surface area (Å²) >= 11 is 0. The summed E-state index contributed by atoms with van der Waals surface area (Å²) in [6.45, 7) is 0.744. The molecular formula is C12H14O4. The average Bonchev–Trinajstić information content (AvgIpc) is 2.73. The molecule has 1 fully saturated rings. The van der Waals surface area contributed by atoms with Gasteiger partial charge in [0.25, 0.3) is 0 Å². The summed E-state index contributed by atoms with van der Waals surface area (Å²) in [4.78, 5) is 11.6. The third-order valence-electron chi connectivity index (χ3n) is 2.52. The fraction of sp³-hybridized carbons (Fsp3) is 0.417. The van der Waals surface area contributed by atoms with Crippen LogP contribution < -0.4 is 0 Å². The Hall–Kier alpha value is -1.39. The third-order valence-corrected chi connectivity index (χ3v) is 2.52. The molecule has 0 amide bonds. The molecule has 1 N–H and O–H groups in total. The van der Waals surface area contributed by atoms with Crippen molar-refractivity contribution < 1.29 is 19.4 Å². The highest BCUT2D eigenvalue weighted by Gasteiger charge is 2.24. The summed E-state index contributed by atoms with van der Waals surface area (Å²) in [5.41, 5.74) is 0.543. The maximum absolute atomic E-state index is 11.6. The number of rotatable bonds is 3. The smallest absolute Gasteiger partial charge is 0.338 e. The summed E-state index contributed by atoms with van der Waals surface area (Å²) in [5.74, 6) is -0.232. The molecule has 2 rings (SSSR count). The first-order valence-corrected chi connectivity index (χ1v) is 5.27. The SMILES string of the molecule is O=C(OCC1COC(O)C1)c1ccccc1. The largest absolute Gasteiger partial charge is 0.462 e. The van der Waals surface area contributed by atoms with E-state index in [9.17, 15) is 4.79 Å². The number of carbonyl (C=O) groups is 1. The van der Waals surface area contributed by atoms with Crippen molar-refractivity contribution in [2.45, 2.75) is 12.7 Å². The Morgan fingerprint density at radius 1 is 1.44 bits per heavy atom. The topological polar surface area (TPSA) is 55.8 Å². The van der Waals surface area contributed by atoms with Gasteiger partial charge in [0.2, 0.25) is 0 Å². The molecule has 0 spiro atoms. The van der Waals surface area contributed by atoms with Crippen molar-refractivity contribution in [3.8, 4) is 0 Å². The van der Waals surface area contributed by atoms with Crippen LogP contribution in [-0.2, 0) is 9.47 Å². The molecule has 4 heteroatoms. The van der Waals surface area contributed by atoms with Crippen LogP contribution in [0.3, 0.4) is 0 Å². The van der Waals surface area contributed by atoms with Crippen molar-refractivity contribution in [2.75, 3.05) is 13.2 Å². The van der Waals surface area contributed by atoms with Crippen LogP contribution in [0.4, 0.5) is 0 Å². The van der Waals surface area contributed by atoms with Crippen molar-refractivity contribution in [1.82, 2.24) is 0 Å². The predicted octanol–water partition coefficient (Wildman–Crippen LogP) is 1.20. The molecule has 1 aliphatic rings. The zero-order valence-corrected chi connectivity index (χ0v) is 8.83. The lowest BCUT2D eigenvalue weighted by Crippen LogP contribution is -2.14. The summed E-state index contributed by atoms with van der Waals surface area (Å²) in [7, 11) is 0. The van der Waals surface area contributed by atoms with Gasteiger partial charge in [0.15, 0.2) is 6.29 Å². The highest BCUT2D eigenvalue weighted by molar-refractivity contribution is 5.89. The number of aliphatic hydroxyl groups excluding tert-OH is 1. The van der Waals surface area contributed by atoms with E-state index in [2.05, 4.69) is 0 Å². The van der Waals surface area contributed by atoms with Crippen molar-refractivity contribution in [3.63, 3.8) is 0 Å². The van der Waals surface area contributed by atoms with Gasteiger partial charge in [-0.3, -0.25) is 0 Å². The number of aliphatic hydroxyl groups is 1. The molecular weight excluding hydrogens is 208 g/mol. The van der Waals surface area contributed by atoms with Crippen LogP contribution in [0.1, 0.15) is 16.8 Å². The first-order valence-electron chi connectivity index (χ1n) is 5.27. The maximum Gasteiger partial charge on any atom is 0.338 e. The molecule has 86 valence electrons. The molecule has 1 aromatic carbocycles. The summed E-state index contributed by atoms with van der Waals surface area (Å²) in [6.07, 6.45) is -0.178. The number of hydrogen-bond donors (Lipinski definition) is 1. The third kappa shape index (κ3) is 2.81. The molecule has 2 atom stereocenters. The fourth-order valence-corrected chi connectivity index (χ4v) is 1.64.